The maximum absolute atomic E-state index is 13.0. The van der Waals surface area contributed by atoms with Gasteiger partial charge in [0.1, 0.15) is 6.23 Å². The molecule has 1 aromatic rings. The molecule has 1 unspecified atom stereocenters. The van der Waals surface area contributed by atoms with Crippen LogP contribution in [0.5, 0.6) is 0 Å². The van der Waals surface area contributed by atoms with E-state index in [1.807, 2.05) is 0 Å². The summed E-state index contributed by atoms with van der Waals surface area (Å²) >= 11 is 0. The van der Waals surface area contributed by atoms with Crippen LogP contribution in [0.3, 0.4) is 0 Å². The van der Waals surface area contributed by atoms with E-state index in [4.69, 9.17) is 4.74 Å². The summed E-state index contributed by atoms with van der Waals surface area (Å²) in [5, 5.41) is 10.8. The Morgan fingerprint density at radius 2 is 1.78 bits per heavy atom. The Morgan fingerprint density at radius 3 is 2.44 bits per heavy atom. The second kappa shape index (κ2) is 10.7. The fourth-order valence-electron chi connectivity index (χ4n) is 3.29. The first-order chi connectivity index (χ1) is 13.0. The molecule has 2 rings (SSSR count). The molecule has 0 saturated carbocycles. The summed E-state index contributed by atoms with van der Waals surface area (Å²) in [6.45, 7) is 3.16. The van der Waals surface area contributed by atoms with E-state index in [0.717, 1.165) is 25.7 Å². The van der Waals surface area contributed by atoms with Gasteiger partial charge in [0.25, 0.3) is 5.69 Å². The zero-order valence-corrected chi connectivity index (χ0v) is 16.8. The maximum atomic E-state index is 13.0. The molecule has 1 aromatic carbocycles. The SMILES string of the molecule is CCCCCCCCOC1CCCCN1S(=O)(=O)c1ccc([N+](=O)[O-])cc1. The summed E-state index contributed by atoms with van der Waals surface area (Å²) in [6, 6.07) is 5.05. The Hall–Kier alpha value is -1.51. The van der Waals surface area contributed by atoms with E-state index in [1.165, 1.54) is 54.3 Å². The second-order valence-corrected chi connectivity index (χ2v) is 8.85. The minimum Gasteiger partial charge on any atom is -0.362 e. The van der Waals surface area contributed by atoms with Crippen LogP contribution in [0.2, 0.25) is 0 Å². The minimum atomic E-state index is -3.72. The molecule has 1 atom stereocenters. The first kappa shape index (κ1) is 21.8. The van der Waals surface area contributed by atoms with Gasteiger partial charge in [-0.3, -0.25) is 10.1 Å². The first-order valence-electron chi connectivity index (χ1n) is 9.84. The van der Waals surface area contributed by atoms with Gasteiger partial charge in [-0.25, -0.2) is 8.42 Å². The van der Waals surface area contributed by atoms with Crippen LogP contribution in [0.15, 0.2) is 29.2 Å². The van der Waals surface area contributed by atoms with E-state index >= 15 is 0 Å². The number of piperidine rings is 1. The van der Waals surface area contributed by atoms with Crippen LogP contribution < -0.4 is 0 Å². The quantitative estimate of drug-likeness (QED) is 0.312. The van der Waals surface area contributed by atoms with Gasteiger partial charge in [-0.05, 0) is 37.8 Å². The van der Waals surface area contributed by atoms with Gasteiger partial charge in [-0.15, -0.1) is 0 Å². The number of hydrogen-bond acceptors (Lipinski definition) is 5. The normalized spacial score (nSPS) is 18.5. The standard InChI is InChI=1S/C19H30N2O5S/c1-2-3-4-5-6-9-16-26-19-10-7-8-15-20(19)27(24,25)18-13-11-17(12-14-18)21(22)23/h11-14,19H,2-10,15-16H2,1H3. The molecule has 1 fully saturated rings. The Balaban J connectivity index is 1.95. The lowest BCUT2D eigenvalue weighted by Crippen LogP contribution is -2.45. The van der Waals surface area contributed by atoms with Crippen LogP contribution in [0.25, 0.3) is 0 Å². The van der Waals surface area contributed by atoms with E-state index in [-0.39, 0.29) is 10.6 Å². The molecule has 1 aliphatic heterocycles. The summed E-state index contributed by atoms with van der Waals surface area (Å²) in [4.78, 5) is 10.3. The van der Waals surface area contributed by atoms with E-state index in [9.17, 15) is 18.5 Å². The molecule has 1 heterocycles. The van der Waals surface area contributed by atoms with Crippen molar-refractivity contribution >= 4 is 15.7 Å². The van der Waals surface area contributed by atoms with Crippen LogP contribution in [-0.2, 0) is 14.8 Å². The van der Waals surface area contributed by atoms with Crippen molar-refractivity contribution in [2.24, 2.45) is 0 Å². The van der Waals surface area contributed by atoms with E-state index in [2.05, 4.69) is 6.92 Å². The smallest absolute Gasteiger partial charge is 0.269 e. The lowest BCUT2D eigenvalue weighted by Gasteiger charge is -2.34. The van der Waals surface area contributed by atoms with E-state index in [0.29, 0.717) is 19.6 Å². The topological polar surface area (TPSA) is 89.8 Å². The van der Waals surface area contributed by atoms with Gasteiger partial charge >= 0.3 is 0 Å². The fraction of sp³-hybridized carbons (Fsp3) is 0.684. The summed E-state index contributed by atoms with van der Waals surface area (Å²) in [7, 11) is -3.72. The van der Waals surface area contributed by atoms with Gasteiger partial charge in [0.2, 0.25) is 10.0 Å². The highest BCUT2D eigenvalue weighted by Gasteiger charge is 2.34. The monoisotopic (exact) mass is 398 g/mol. The third kappa shape index (κ3) is 6.26. The van der Waals surface area contributed by atoms with Crippen LogP contribution in [0.4, 0.5) is 5.69 Å². The third-order valence-electron chi connectivity index (χ3n) is 4.86. The van der Waals surface area contributed by atoms with Gasteiger partial charge < -0.3 is 4.74 Å². The highest BCUT2D eigenvalue weighted by molar-refractivity contribution is 7.89. The van der Waals surface area contributed by atoms with Crippen molar-refractivity contribution in [3.63, 3.8) is 0 Å². The molecule has 0 bridgehead atoms. The summed E-state index contributed by atoms with van der Waals surface area (Å²) < 4.78 is 33.2. The Labute approximate surface area is 161 Å². The van der Waals surface area contributed by atoms with Gasteiger partial charge in [0.15, 0.2) is 0 Å². The lowest BCUT2D eigenvalue weighted by atomic mass is 10.1. The van der Waals surface area contributed by atoms with Gasteiger partial charge in [-0.1, -0.05) is 39.0 Å². The Morgan fingerprint density at radius 1 is 1.11 bits per heavy atom. The van der Waals surface area contributed by atoms with Crippen LogP contribution in [0, 0.1) is 10.1 Å². The molecule has 152 valence electrons. The van der Waals surface area contributed by atoms with Crippen molar-refractivity contribution in [1.82, 2.24) is 4.31 Å². The number of benzene rings is 1. The number of hydrogen-bond donors (Lipinski definition) is 0. The zero-order valence-electron chi connectivity index (χ0n) is 16.0. The van der Waals surface area contributed by atoms with E-state index in [1.54, 1.807) is 0 Å². The molecule has 1 saturated heterocycles. The zero-order chi connectivity index (χ0) is 19.7. The second-order valence-electron chi connectivity index (χ2n) is 6.96. The number of nitro benzene ring substituents is 1. The van der Waals surface area contributed by atoms with Crippen molar-refractivity contribution in [2.75, 3.05) is 13.2 Å². The van der Waals surface area contributed by atoms with Crippen LogP contribution >= 0.6 is 0 Å². The van der Waals surface area contributed by atoms with Gasteiger partial charge in [0, 0.05) is 25.3 Å². The number of rotatable bonds is 11. The van der Waals surface area contributed by atoms with Crippen molar-refractivity contribution in [3.05, 3.63) is 34.4 Å². The van der Waals surface area contributed by atoms with Gasteiger partial charge in [-0.2, -0.15) is 4.31 Å². The van der Waals surface area contributed by atoms with Crippen molar-refractivity contribution in [3.8, 4) is 0 Å². The molecule has 1 aliphatic rings. The number of nitrogens with zero attached hydrogens (tertiary/aromatic N) is 2. The molecule has 27 heavy (non-hydrogen) atoms. The molecule has 0 amide bonds. The lowest BCUT2D eigenvalue weighted by molar-refractivity contribution is -0.384. The van der Waals surface area contributed by atoms with Gasteiger partial charge in [0.05, 0.1) is 9.82 Å². The molecule has 0 aliphatic carbocycles. The highest BCUT2D eigenvalue weighted by atomic mass is 32.2. The Bertz CT molecular complexity index is 691. The van der Waals surface area contributed by atoms with Crippen LogP contribution in [0.1, 0.15) is 64.7 Å². The fourth-order valence-corrected chi connectivity index (χ4v) is 4.89. The Kier molecular flexibility index (Phi) is 8.66. The minimum absolute atomic E-state index is 0.0724. The number of unbranched alkanes of at least 4 members (excludes halogenated alkanes) is 5. The number of sulfonamides is 1. The maximum Gasteiger partial charge on any atom is 0.269 e. The summed E-state index contributed by atoms with van der Waals surface area (Å²) in [5.74, 6) is 0. The average molecular weight is 399 g/mol. The van der Waals surface area contributed by atoms with Crippen molar-refractivity contribution in [2.45, 2.75) is 75.8 Å². The predicted molar refractivity (Wildman–Crippen MR) is 104 cm³/mol. The molecule has 7 nitrogen and oxygen atoms in total. The predicted octanol–water partition coefficient (Wildman–Crippen LogP) is 4.47. The van der Waals surface area contributed by atoms with Crippen molar-refractivity contribution < 1.29 is 18.1 Å². The number of nitro groups is 1. The molecule has 8 heteroatoms. The van der Waals surface area contributed by atoms with E-state index < -0.39 is 21.2 Å². The summed E-state index contributed by atoms with van der Waals surface area (Å²) in [5.41, 5.74) is -0.122. The third-order valence-corrected chi connectivity index (χ3v) is 6.77. The summed E-state index contributed by atoms with van der Waals surface area (Å²) in [6.07, 6.45) is 8.90. The van der Waals surface area contributed by atoms with Crippen LogP contribution in [-0.4, -0.2) is 37.0 Å². The molecule has 0 aromatic heterocycles. The molecule has 0 N–H and O–H groups in total. The molecule has 0 radical (unpaired) electrons. The molecule has 0 spiro atoms. The largest absolute Gasteiger partial charge is 0.362 e. The highest BCUT2D eigenvalue weighted by Crippen LogP contribution is 2.27. The average Bonchev–Trinajstić information content (AvgIpc) is 2.67. The number of ether oxygens (including phenoxy) is 1. The molecular formula is C19H30N2O5S. The number of non-ortho nitro benzene ring substituents is 1. The molecular weight excluding hydrogens is 368 g/mol. The first-order valence-corrected chi connectivity index (χ1v) is 11.3. The van der Waals surface area contributed by atoms with Crippen molar-refractivity contribution in [1.29, 1.82) is 0 Å².